The molecule has 0 spiro atoms. The van der Waals surface area contributed by atoms with E-state index in [1.165, 1.54) is 12.1 Å². The van der Waals surface area contributed by atoms with Crippen molar-refractivity contribution in [3.63, 3.8) is 0 Å². The highest BCUT2D eigenvalue weighted by molar-refractivity contribution is 5.62. The molecule has 0 fully saturated rings. The third-order valence-electron chi connectivity index (χ3n) is 3.05. The number of aryl methyl sites for hydroxylation is 2. The molecule has 4 heteroatoms. The molecule has 1 heterocycles. The standard InChI is InChI=1S/C14H16FN3/c1-4-12-9(3)13(16)18-14(17-12)11-6-5-10(15)7-8(11)2/h5-7H,4H2,1-3H3,(H2,16,17,18). The summed E-state index contributed by atoms with van der Waals surface area (Å²) in [4.78, 5) is 8.79. The van der Waals surface area contributed by atoms with Crippen LogP contribution in [-0.4, -0.2) is 9.97 Å². The minimum Gasteiger partial charge on any atom is -0.383 e. The van der Waals surface area contributed by atoms with E-state index in [0.29, 0.717) is 11.6 Å². The van der Waals surface area contributed by atoms with Gasteiger partial charge in [-0.2, -0.15) is 0 Å². The molecule has 0 aliphatic carbocycles. The maximum Gasteiger partial charge on any atom is 0.162 e. The summed E-state index contributed by atoms with van der Waals surface area (Å²) in [6, 6.07) is 4.57. The first-order valence-corrected chi connectivity index (χ1v) is 5.92. The predicted octanol–water partition coefficient (Wildman–Crippen LogP) is 3.04. The summed E-state index contributed by atoms with van der Waals surface area (Å²) in [7, 11) is 0. The fourth-order valence-electron chi connectivity index (χ4n) is 1.93. The molecule has 0 bridgehead atoms. The summed E-state index contributed by atoms with van der Waals surface area (Å²) in [6.45, 7) is 5.77. The zero-order chi connectivity index (χ0) is 13.3. The van der Waals surface area contributed by atoms with E-state index >= 15 is 0 Å². The topological polar surface area (TPSA) is 51.8 Å². The molecule has 0 radical (unpaired) electrons. The lowest BCUT2D eigenvalue weighted by Crippen LogP contribution is -2.04. The van der Waals surface area contributed by atoms with E-state index in [1.807, 2.05) is 20.8 Å². The van der Waals surface area contributed by atoms with Crippen molar-refractivity contribution in [3.8, 4) is 11.4 Å². The molecule has 0 amide bonds. The van der Waals surface area contributed by atoms with Gasteiger partial charge < -0.3 is 5.73 Å². The van der Waals surface area contributed by atoms with Crippen molar-refractivity contribution in [2.75, 3.05) is 5.73 Å². The lowest BCUT2D eigenvalue weighted by molar-refractivity contribution is 0.627. The highest BCUT2D eigenvalue weighted by Gasteiger charge is 2.11. The monoisotopic (exact) mass is 245 g/mol. The number of halogens is 1. The third-order valence-corrected chi connectivity index (χ3v) is 3.05. The van der Waals surface area contributed by atoms with Crippen LogP contribution in [0.25, 0.3) is 11.4 Å². The Morgan fingerprint density at radius 3 is 2.56 bits per heavy atom. The molecule has 3 nitrogen and oxygen atoms in total. The van der Waals surface area contributed by atoms with Crippen molar-refractivity contribution in [2.45, 2.75) is 27.2 Å². The number of hydrogen-bond donors (Lipinski definition) is 1. The predicted molar refractivity (Wildman–Crippen MR) is 70.7 cm³/mol. The maximum absolute atomic E-state index is 13.1. The molecular formula is C14H16FN3. The molecule has 0 aliphatic rings. The Kier molecular flexibility index (Phi) is 3.28. The lowest BCUT2D eigenvalue weighted by atomic mass is 10.1. The smallest absolute Gasteiger partial charge is 0.162 e. The molecule has 1 aromatic carbocycles. The van der Waals surface area contributed by atoms with Crippen LogP contribution >= 0.6 is 0 Å². The van der Waals surface area contributed by atoms with Crippen molar-refractivity contribution in [1.82, 2.24) is 9.97 Å². The van der Waals surface area contributed by atoms with Gasteiger partial charge in [0.25, 0.3) is 0 Å². The molecule has 0 aliphatic heterocycles. The summed E-state index contributed by atoms with van der Waals surface area (Å²) in [5.41, 5.74) is 9.36. The molecule has 2 aromatic rings. The van der Waals surface area contributed by atoms with E-state index in [-0.39, 0.29) is 5.82 Å². The molecule has 0 saturated heterocycles. The SMILES string of the molecule is CCc1nc(-c2ccc(F)cc2C)nc(N)c1C. The van der Waals surface area contributed by atoms with Crippen molar-refractivity contribution >= 4 is 5.82 Å². The number of anilines is 1. The number of nitrogen functional groups attached to an aromatic ring is 1. The summed E-state index contributed by atoms with van der Waals surface area (Å²) in [5, 5.41) is 0. The zero-order valence-corrected chi connectivity index (χ0v) is 10.8. The molecule has 94 valence electrons. The Labute approximate surface area is 106 Å². The zero-order valence-electron chi connectivity index (χ0n) is 10.8. The van der Waals surface area contributed by atoms with E-state index in [4.69, 9.17) is 5.73 Å². The Balaban J connectivity index is 2.60. The Bertz CT molecular complexity index is 594. The lowest BCUT2D eigenvalue weighted by Gasteiger charge is -2.10. The van der Waals surface area contributed by atoms with Gasteiger partial charge in [0, 0.05) is 16.8 Å². The maximum atomic E-state index is 13.1. The number of hydrogen-bond acceptors (Lipinski definition) is 3. The normalized spacial score (nSPS) is 10.7. The van der Waals surface area contributed by atoms with Crippen LogP contribution in [0.2, 0.25) is 0 Å². The van der Waals surface area contributed by atoms with Gasteiger partial charge in [0.15, 0.2) is 5.82 Å². The van der Waals surface area contributed by atoms with Gasteiger partial charge in [0.1, 0.15) is 11.6 Å². The van der Waals surface area contributed by atoms with Gasteiger partial charge >= 0.3 is 0 Å². The first kappa shape index (κ1) is 12.5. The van der Waals surface area contributed by atoms with Gasteiger partial charge in [0.2, 0.25) is 0 Å². The molecule has 1 aromatic heterocycles. The third kappa shape index (κ3) is 2.18. The second-order valence-corrected chi connectivity index (χ2v) is 4.32. The first-order valence-electron chi connectivity index (χ1n) is 5.92. The van der Waals surface area contributed by atoms with Crippen molar-refractivity contribution < 1.29 is 4.39 Å². The van der Waals surface area contributed by atoms with Crippen LogP contribution in [0.3, 0.4) is 0 Å². The minimum atomic E-state index is -0.257. The number of rotatable bonds is 2. The Morgan fingerprint density at radius 1 is 1.22 bits per heavy atom. The van der Waals surface area contributed by atoms with Crippen molar-refractivity contribution in [2.24, 2.45) is 0 Å². The second-order valence-electron chi connectivity index (χ2n) is 4.32. The Morgan fingerprint density at radius 2 is 1.94 bits per heavy atom. The average molecular weight is 245 g/mol. The second kappa shape index (κ2) is 4.72. The van der Waals surface area contributed by atoms with Gasteiger partial charge in [-0.05, 0) is 44.0 Å². The summed E-state index contributed by atoms with van der Waals surface area (Å²) < 4.78 is 13.1. The summed E-state index contributed by atoms with van der Waals surface area (Å²) in [6.07, 6.45) is 0.797. The van der Waals surface area contributed by atoms with Crippen LogP contribution in [0.15, 0.2) is 18.2 Å². The minimum absolute atomic E-state index is 0.257. The van der Waals surface area contributed by atoms with Gasteiger partial charge in [-0.3, -0.25) is 0 Å². The van der Waals surface area contributed by atoms with E-state index in [1.54, 1.807) is 6.07 Å². The fraction of sp³-hybridized carbons (Fsp3) is 0.286. The van der Waals surface area contributed by atoms with E-state index in [0.717, 1.165) is 28.8 Å². The molecular weight excluding hydrogens is 229 g/mol. The van der Waals surface area contributed by atoms with Gasteiger partial charge in [-0.1, -0.05) is 6.92 Å². The molecule has 2 rings (SSSR count). The Hall–Kier alpha value is -1.97. The van der Waals surface area contributed by atoms with Crippen molar-refractivity contribution in [3.05, 3.63) is 40.8 Å². The van der Waals surface area contributed by atoms with E-state index in [2.05, 4.69) is 9.97 Å². The largest absolute Gasteiger partial charge is 0.383 e. The first-order chi connectivity index (χ1) is 8.52. The van der Waals surface area contributed by atoms with Crippen LogP contribution in [0.4, 0.5) is 10.2 Å². The highest BCUT2D eigenvalue weighted by atomic mass is 19.1. The van der Waals surface area contributed by atoms with Crippen LogP contribution in [-0.2, 0) is 6.42 Å². The molecule has 0 atom stereocenters. The average Bonchev–Trinajstić information content (AvgIpc) is 2.32. The van der Waals surface area contributed by atoms with E-state index < -0.39 is 0 Å². The van der Waals surface area contributed by atoms with Crippen LogP contribution < -0.4 is 5.73 Å². The van der Waals surface area contributed by atoms with E-state index in [9.17, 15) is 4.39 Å². The molecule has 2 N–H and O–H groups in total. The number of benzene rings is 1. The molecule has 0 unspecified atom stereocenters. The van der Waals surface area contributed by atoms with Gasteiger partial charge in [0.05, 0.1) is 0 Å². The molecule has 18 heavy (non-hydrogen) atoms. The van der Waals surface area contributed by atoms with Crippen LogP contribution in [0.1, 0.15) is 23.7 Å². The van der Waals surface area contributed by atoms with Crippen molar-refractivity contribution in [1.29, 1.82) is 0 Å². The molecule has 0 saturated carbocycles. The fourth-order valence-corrected chi connectivity index (χ4v) is 1.93. The van der Waals surface area contributed by atoms with Crippen LogP contribution in [0.5, 0.6) is 0 Å². The summed E-state index contributed by atoms with van der Waals surface area (Å²) >= 11 is 0. The number of nitrogens with zero attached hydrogens (tertiary/aromatic N) is 2. The highest BCUT2D eigenvalue weighted by Crippen LogP contribution is 2.24. The quantitative estimate of drug-likeness (QED) is 0.884. The number of aromatic nitrogens is 2. The van der Waals surface area contributed by atoms with Gasteiger partial charge in [-0.25, -0.2) is 14.4 Å². The number of nitrogens with two attached hydrogens (primary N) is 1. The van der Waals surface area contributed by atoms with Crippen LogP contribution in [0, 0.1) is 19.7 Å². The summed E-state index contributed by atoms with van der Waals surface area (Å²) in [5.74, 6) is 0.792. The van der Waals surface area contributed by atoms with Gasteiger partial charge in [-0.15, -0.1) is 0 Å².